The van der Waals surface area contributed by atoms with Crippen LogP contribution in [0.5, 0.6) is 0 Å². The van der Waals surface area contributed by atoms with Gasteiger partial charge in [0, 0.05) is 12.4 Å². The molecule has 2 rings (SSSR count). The van der Waals surface area contributed by atoms with Gasteiger partial charge in [-0.2, -0.15) is 0 Å². The van der Waals surface area contributed by atoms with Crippen molar-refractivity contribution in [1.82, 2.24) is 4.98 Å². The molecule has 16 heavy (non-hydrogen) atoms. The summed E-state index contributed by atoms with van der Waals surface area (Å²) in [6.45, 7) is 0. The number of carboxylic acids is 1. The van der Waals surface area contributed by atoms with Crippen molar-refractivity contribution in [3.8, 4) is 11.1 Å². The van der Waals surface area contributed by atoms with E-state index in [-0.39, 0.29) is 29.6 Å². The standard InChI is InChI=1S/C12H9NO2.Na.H/c14-12(15)11-3-1-9(2-4-11)10-5-7-13-8-6-10;;/h1-8H,(H,14,15);;. The third kappa shape index (κ3) is 2.92. The second-order valence-electron chi connectivity index (χ2n) is 3.12. The predicted octanol–water partition coefficient (Wildman–Crippen LogP) is 1.80. The SMILES string of the molecule is O=C(O)c1ccc(-c2ccncc2)cc1.[NaH]. The van der Waals surface area contributed by atoms with Gasteiger partial charge in [0.25, 0.3) is 0 Å². The first kappa shape index (κ1) is 12.9. The molecule has 0 unspecified atom stereocenters. The van der Waals surface area contributed by atoms with Gasteiger partial charge in [-0.15, -0.1) is 0 Å². The predicted molar refractivity (Wildman–Crippen MR) is 63.8 cm³/mol. The van der Waals surface area contributed by atoms with Crippen LogP contribution in [0.4, 0.5) is 0 Å². The van der Waals surface area contributed by atoms with Crippen LogP contribution < -0.4 is 0 Å². The normalized spacial score (nSPS) is 9.25. The Morgan fingerprint density at radius 2 is 1.44 bits per heavy atom. The fourth-order valence-corrected chi connectivity index (χ4v) is 1.35. The number of benzene rings is 1. The molecule has 0 saturated heterocycles. The molecule has 0 atom stereocenters. The Hall–Kier alpha value is -1.16. The van der Waals surface area contributed by atoms with Gasteiger partial charge in [-0.3, -0.25) is 4.98 Å². The molecule has 4 heteroatoms. The summed E-state index contributed by atoms with van der Waals surface area (Å²) in [6, 6.07) is 10.5. The fraction of sp³-hybridized carbons (Fsp3) is 0. The quantitative estimate of drug-likeness (QED) is 0.790. The molecule has 1 N–H and O–H groups in total. The minimum absolute atomic E-state index is 0. The van der Waals surface area contributed by atoms with Crippen molar-refractivity contribution < 1.29 is 9.90 Å². The number of carbonyl (C=O) groups is 1. The Labute approximate surface area is 115 Å². The molecule has 76 valence electrons. The number of carboxylic acid groups (broad SMARTS) is 1. The van der Waals surface area contributed by atoms with Crippen molar-refractivity contribution in [1.29, 1.82) is 0 Å². The van der Waals surface area contributed by atoms with Crippen LogP contribution in [-0.2, 0) is 0 Å². The van der Waals surface area contributed by atoms with Crippen molar-refractivity contribution in [2.24, 2.45) is 0 Å². The molecule has 1 heterocycles. The summed E-state index contributed by atoms with van der Waals surface area (Å²) >= 11 is 0. The number of pyridine rings is 1. The Morgan fingerprint density at radius 1 is 0.938 bits per heavy atom. The van der Waals surface area contributed by atoms with Crippen LogP contribution in [0.1, 0.15) is 10.4 Å². The van der Waals surface area contributed by atoms with E-state index in [1.165, 1.54) is 0 Å². The van der Waals surface area contributed by atoms with Crippen molar-refractivity contribution in [3.63, 3.8) is 0 Å². The molecule has 0 radical (unpaired) electrons. The van der Waals surface area contributed by atoms with E-state index in [9.17, 15) is 4.79 Å². The summed E-state index contributed by atoms with van der Waals surface area (Å²) in [6.07, 6.45) is 3.42. The van der Waals surface area contributed by atoms with E-state index in [2.05, 4.69) is 4.98 Å². The van der Waals surface area contributed by atoms with Crippen molar-refractivity contribution >= 4 is 35.5 Å². The van der Waals surface area contributed by atoms with Crippen molar-refractivity contribution in [3.05, 3.63) is 54.4 Å². The summed E-state index contributed by atoms with van der Waals surface area (Å²) in [5.74, 6) is -0.906. The molecule has 0 bridgehead atoms. The van der Waals surface area contributed by atoms with Crippen LogP contribution in [0.2, 0.25) is 0 Å². The zero-order valence-electron chi connectivity index (χ0n) is 7.92. The van der Waals surface area contributed by atoms with Gasteiger partial charge in [-0.05, 0) is 35.4 Å². The fourth-order valence-electron chi connectivity index (χ4n) is 1.35. The number of hydrogen-bond acceptors (Lipinski definition) is 2. The second kappa shape index (κ2) is 5.80. The summed E-state index contributed by atoms with van der Waals surface area (Å²) < 4.78 is 0. The molecular weight excluding hydrogens is 213 g/mol. The van der Waals surface area contributed by atoms with Gasteiger partial charge in [0.05, 0.1) is 5.56 Å². The number of aromatic nitrogens is 1. The number of rotatable bonds is 2. The van der Waals surface area contributed by atoms with Crippen LogP contribution in [-0.4, -0.2) is 45.6 Å². The van der Waals surface area contributed by atoms with Gasteiger partial charge in [0.1, 0.15) is 0 Å². The van der Waals surface area contributed by atoms with E-state index < -0.39 is 5.97 Å². The van der Waals surface area contributed by atoms with Crippen molar-refractivity contribution in [2.75, 3.05) is 0 Å². The van der Waals surface area contributed by atoms with E-state index in [0.29, 0.717) is 5.56 Å². The summed E-state index contributed by atoms with van der Waals surface area (Å²) in [5.41, 5.74) is 2.32. The molecule has 0 aliphatic carbocycles. The molecular formula is C12H10NNaO2. The van der Waals surface area contributed by atoms with E-state index >= 15 is 0 Å². The van der Waals surface area contributed by atoms with Crippen LogP contribution >= 0.6 is 0 Å². The number of hydrogen-bond donors (Lipinski definition) is 1. The summed E-state index contributed by atoms with van der Waals surface area (Å²) in [5, 5.41) is 8.74. The van der Waals surface area contributed by atoms with Gasteiger partial charge in [0.2, 0.25) is 0 Å². The van der Waals surface area contributed by atoms with Crippen LogP contribution in [0.3, 0.4) is 0 Å². The topological polar surface area (TPSA) is 50.2 Å². The second-order valence-corrected chi connectivity index (χ2v) is 3.12. The van der Waals surface area contributed by atoms with E-state index in [1.54, 1.807) is 36.7 Å². The molecule has 0 saturated carbocycles. The van der Waals surface area contributed by atoms with E-state index in [0.717, 1.165) is 11.1 Å². The summed E-state index contributed by atoms with van der Waals surface area (Å²) in [4.78, 5) is 14.6. The maximum absolute atomic E-state index is 10.6. The number of aromatic carboxylic acids is 1. The first-order valence-corrected chi connectivity index (χ1v) is 4.51. The molecule has 0 aliphatic rings. The van der Waals surface area contributed by atoms with E-state index in [4.69, 9.17) is 5.11 Å². The minimum atomic E-state index is -0.906. The van der Waals surface area contributed by atoms with Gasteiger partial charge in [-0.25, -0.2) is 4.79 Å². The van der Waals surface area contributed by atoms with Gasteiger partial charge < -0.3 is 5.11 Å². The third-order valence-electron chi connectivity index (χ3n) is 2.15. The maximum atomic E-state index is 10.6. The molecule has 0 aliphatic heterocycles. The Morgan fingerprint density at radius 3 is 1.94 bits per heavy atom. The van der Waals surface area contributed by atoms with Crippen molar-refractivity contribution in [2.45, 2.75) is 0 Å². The summed E-state index contributed by atoms with van der Waals surface area (Å²) in [7, 11) is 0. The zero-order chi connectivity index (χ0) is 10.7. The van der Waals surface area contributed by atoms with Gasteiger partial charge >= 0.3 is 35.5 Å². The Bertz CT molecular complexity index is 468. The van der Waals surface area contributed by atoms with Crippen LogP contribution in [0.25, 0.3) is 11.1 Å². The average molecular weight is 223 g/mol. The number of nitrogens with zero attached hydrogens (tertiary/aromatic N) is 1. The average Bonchev–Trinajstić information content (AvgIpc) is 2.30. The molecule has 0 fully saturated rings. The zero-order valence-corrected chi connectivity index (χ0v) is 7.92. The molecule has 0 amide bonds. The molecule has 3 nitrogen and oxygen atoms in total. The van der Waals surface area contributed by atoms with Gasteiger partial charge in [-0.1, -0.05) is 12.1 Å². The molecule has 2 aromatic rings. The molecule has 0 spiro atoms. The van der Waals surface area contributed by atoms with Crippen LogP contribution in [0.15, 0.2) is 48.8 Å². The van der Waals surface area contributed by atoms with E-state index in [1.807, 2.05) is 12.1 Å². The molecule has 1 aromatic carbocycles. The Kier molecular flexibility index (Phi) is 4.68. The van der Waals surface area contributed by atoms with Crippen LogP contribution in [0, 0.1) is 0 Å². The monoisotopic (exact) mass is 223 g/mol. The Balaban J connectivity index is 0.00000128. The third-order valence-corrected chi connectivity index (χ3v) is 2.15. The molecule has 1 aromatic heterocycles. The first-order chi connectivity index (χ1) is 7.27. The first-order valence-electron chi connectivity index (χ1n) is 4.51. The van der Waals surface area contributed by atoms with Gasteiger partial charge in [0.15, 0.2) is 0 Å².